The highest BCUT2D eigenvalue weighted by Gasteiger charge is 2.31. The van der Waals surface area contributed by atoms with E-state index in [0.717, 1.165) is 43.6 Å². The largest absolute Gasteiger partial charge is 0.416 e. The second-order valence-corrected chi connectivity index (χ2v) is 9.03. The van der Waals surface area contributed by atoms with E-state index in [2.05, 4.69) is 20.5 Å². The first-order chi connectivity index (χ1) is 17.2. The molecule has 0 spiro atoms. The lowest BCUT2D eigenvalue weighted by Crippen LogP contribution is -2.15. The zero-order chi connectivity index (χ0) is 25.4. The number of amides is 1. The van der Waals surface area contributed by atoms with Crippen LogP contribution in [-0.2, 0) is 6.18 Å². The molecule has 36 heavy (non-hydrogen) atoms. The van der Waals surface area contributed by atoms with Crippen LogP contribution >= 0.6 is 0 Å². The lowest BCUT2D eigenvalue weighted by molar-refractivity contribution is -0.137. The van der Waals surface area contributed by atoms with Crippen LogP contribution in [0.15, 0.2) is 48.8 Å². The number of rotatable bonds is 4. The van der Waals surface area contributed by atoms with Crippen molar-refractivity contribution >= 4 is 17.4 Å². The Hall–Kier alpha value is -3.82. The van der Waals surface area contributed by atoms with Crippen LogP contribution in [-0.4, -0.2) is 25.5 Å². The fraction of sp³-hybridized carbons (Fsp3) is 0.308. The summed E-state index contributed by atoms with van der Waals surface area (Å²) < 4.78 is 55.2. The maximum absolute atomic E-state index is 14.6. The Morgan fingerprint density at radius 3 is 2.56 bits per heavy atom. The highest BCUT2D eigenvalue weighted by molar-refractivity contribution is 6.06. The van der Waals surface area contributed by atoms with E-state index < -0.39 is 23.5 Å². The molecule has 10 heteroatoms. The predicted octanol–water partition coefficient (Wildman–Crippen LogP) is 6.56. The lowest BCUT2D eigenvalue weighted by Gasteiger charge is -2.19. The molecule has 2 aromatic heterocycles. The van der Waals surface area contributed by atoms with Gasteiger partial charge in [0, 0.05) is 23.2 Å². The van der Waals surface area contributed by atoms with E-state index in [-0.39, 0.29) is 11.1 Å². The third kappa shape index (κ3) is 4.55. The van der Waals surface area contributed by atoms with E-state index in [1.54, 1.807) is 35.7 Å². The van der Waals surface area contributed by atoms with Gasteiger partial charge in [-0.3, -0.25) is 9.20 Å². The zero-order valence-electron chi connectivity index (χ0n) is 19.4. The molecule has 1 aliphatic carbocycles. The minimum absolute atomic E-state index is 0.0140. The highest BCUT2D eigenvalue weighted by Crippen LogP contribution is 2.35. The first-order valence-electron chi connectivity index (χ1n) is 11.7. The molecule has 1 N–H and O–H groups in total. The monoisotopic (exact) mass is 497 g/mol. The van der Waals surface area contributed by atoms with E-state index in [4.69, 9.17) is 0 Å². The van der Waals surface area contributed by atoms with Crippen LogP contribution in [0, 0.1) is 12.7 Å². The van der Waals surface area contributed by atoms with Gasteiger partial charge in [-0.05, 0) is 49.1 Å². The predicted molar refractivity (Wildman–Crippen MR) is 126 cm³/mol. The number of nitrogens with zero attached hydrogens (tertiary/aromatic N) is 4. The number of fused-ring (bicyclic) bond motifs is 1. The topological polar surface area (TPSA) is 72.2 Å². The zero-order valence-corrected chi connectivity index (χ0v) is 19.4. The molecule has 186 valence electrons. The molecular weight excluding hydrogens is 474 g/mol. The van der Waals surface area contributed by atoms with Gasteiger partial charge >= 0.3 is 6.18 Å². The molecule has 0 aliphatic heterocycles. The third-order valence-corrected chi connectivity index (χ3v) is 6.68. The number of carbonyl (C=O) groups excluding carboxylic acids is 1. The van der Waals surface area contributed by atoms with Gasteiger partial charge in [-0.1, -0.05) is 37.5 Å². The van der Waals surface area contributed by atoms with Crippen molar-refractivity contribution in [2.75, 3.05) is 5.32 Å². The van der Waals surface area contributed by atoms with Gasteiger partial charge < -0.3 is 5.32 Å². The summed E-state index contributed by atoms with van der Waals surface area (Å²) in [7, 11) is 0. The minimum Gasteiger partial charge on any atom is -0.319 e. The molecule has 2 heterocycles. The van der Waals surface area contributed by atoms with Crippen molar-refractivity contribution in [2.24, 2.45) is 0 Å². The lowest BCUT2D eigenvalue weighted by atomic mass is 9.89. The molecule has 1 fully saturated rings. The maximum Gasteiger partial charge on any atom is 0.416 e. The molecule has 1 amide bonds. The summed E-state index contributed by atoms with van der Waals surface area (Å²) in [6, 6.07) is 7.09. The van der Waals surface area contributed by atoms with Crippen LogP contribution in [0.25, 0.3) is 16.9 Å². The Morgan fingerprint density at radius 1 is 1.06 bits per heavy atom. The van der Waals surface area contributed by atoms with Crippen LogP contribution in [0.3, 0.4) is 0 Å². The molecular formula is C26H23F4N5O. The van der Waals surface area contributed by atoms with Gasteiger partial charge in [0.25, 0.3) is 11.7 Å². The molecule has 0 radical (unpaired) electrons. The average Bonchev–Trinajstić information content (AvgIpc) is 3.27. The molecule has 0 unspecified atom stereocenters. The van der Waals surface area contributed by atoms with Crippen molar-refractivity contribution in [3.8, 4) is 11.1 Å². The highest BCUT2D eigenvalue weighted by atomic mass is 19.4. The Labute approximate surface area is 204 Å². The molecule has 0 bridgehead atoms. The Balaban J connectivity index is 1.43. The quantitative estimate of drug-likeness (QED) is 0.324. The molecule has 6 nitrogen and oxygen atoms in total. The number of aromatic nitrogens is 4. The van der Waals surface area contributed by atoms with Crippen molar-refractivity contribution in [1.29, 1.82) is 0 Å². The number of halogens is 4. The van der Waals surface area contributed by atoms with E-state index >= 15 is 0 Å². The van der Waals surface area contributed by atoms with E-state index in [1.807, 2.05) is 0 Å². The van der Waals surface area contributed by atoms with Gasteiger partial charge in [-0.25, -0.2) is 9.37 Å². The van der Waals surface area contributed by atoms with E-state index in [1.165, 1.54) is 12.6 Å². The van der Waals surface area contributed by atoms with Crippen molar-refractivity contribution in [3.63, 3.8) is 0 Å². The molecule has 1 saturated carbocycles. The second kappa shape index (κ2) is 9.33. The summed E-state index contributed by atoms with van der Waals surface area (Å²) in [5.41, 5.74) is 0.397. The minimum atomic E-state index is -4.65. The Morgan fingerprint density at radius 2 is 1.83 bits per heavy atom. The molecule has 0 saturated heterocycles. The van der Waals surface area contributed by atoms with Crippen molar-refractivity contribution in [2.45, 2.75) is 51.1 Å². The molecule has 5 rings (SSSR count). The summed E-state index contributed by atoms with van der Waals surface area (Å²) in [5, 5.41) is 11.3. The summed E-state index contributed by atoms with van der Waals surface area (Å²) in [4.78, 5) is 17.4. The Kier molecular flexibility index (Phi) is 6.19. The average molecular weight is 497 g/mol. The number of alkyl halides is 3. The van der Waals surface area contributed by atoms with Crippen molar-refractivity contribution < 1.29 is 22.4 Å². The number of anilines is 1. The Bertz CT molecular complexity index is 1440. The normalized spacial score (nSPS) is 14.8. The van der Waals surface area contributed by atoms with Crippen molar-refractivity contribution in [1.82, 2.24) is 19.6 Å². The summed E-state index contributed by atoms with van der Waals surface area (Å²) in [5.74, 6) is 0.103. The summed E-state index contributed by atoms with van der Waals surface area (Å²) >= 11 is 0. The van der Waals surface area contributed by atoms with Gasteiger partial charge in [0.15, 0.2) is 0 Å². The molecule has 0 atom stereocenters. The first-order valence-corrected chi connectivity index (χ1v) is 11.7. The molecule has 4 aromatic rings. The van der Waals surface area contributed by atoms with Crippen LogP contribution in [0.2, 0.25) is 0 Å². The standard InChI is InChI=1S/C26H23F4N5O/c1-15-19(21-11-10-17(12-22(21)27)26(28,29)30)8-5-9-20(15)24(36)32-18-13-31-25-34-33-23(35(25)14-18)16-6-3-2-4-7-16/h5,8-14,16H,2-4,6-7H2,1H3,(H,32,36). The second-order valence-electron chi connectivity index (χ2n) is 9.03. The van der Waals surface area contributed by atoms with Gasteiger partial charge in [0.2, 0.25) is 0 Å². The van der Waals surface area contributed by atoms with Crippen LogP contribution in [0.5, 0.6) is 0 Å². The number of hydrogen-bond acceptors (Lipinski definition) is 4. The number of nitrogens with one attached hydrogen (secondary N) is 1. The fourth-order valence-corrected chi connectivity index (χ4v) is 4.79. The smallest absolute Gasteiger partial charge is 0.319 e. The molecule has 1 aliphatic rings. The summed E-state index contributed by atoms with van der Waals surface area (Å²) in [6.07, 6.45) is 4.12. The van der Waals surface area contributed by atoms with Crippen molar-refractivity contribution in [3.05, 3.63) is 77.1 Å². The maximum atomic E-state index is 14.6. The molecule has 2 aromatic carbocycles. The van der Waals surface area contributed by atoms with Gasteiger partial charge in [0.1, 0.15) is 11.6 Å². The SMILES string of the molecule is Cc1c(C(=O)Nc2cnc3nnc(C4CCCCC4)n3c2)cccc1-c1ccc(C(F)(F)F)cc1F. The number of hydrogen-bond donors (Lipinski definition) is 1. The number of benzene rings is 2. The van der Waals surface area contributed by atoms with E-state index in [9.17, 15) is 22.4 Å². The van der Waals surface area contributed by atoms with Gasteiger partial charge in [-0.15, -0.1) is 10.2 Å². The number of carbonyl (C=O) groups is 1. The van der Waals surface area contributed by atoms with Gasteiger partial charge in [-0.2, -0.15) is 13.2 Å². The van der Waals surface area contributed by atoms with Crippen LogP contribution in [0.1, 0.15) is 65.3 Å². The van der Waals surface area contributed by atoms with Gasteiger partial charge in [0.05, 0.1) is 17.4 Å². The van der Waals surface area contributed by atoms with Crippen LogP contribution in [0.4, 0.5) is 23.2 Å². The fourth-order valence-electron chi connectivity index (χ4n) is 4.79. The van der Waals surface area contributed by atoms with E-state index in [0.29, 0.717) is 34.6 Å². The summed E-state index contributed by atoms with van der Waals surface area (Å²) in [6.45, 7) is 1.63. The van der Waals surface area contributed by atoms with Crippen LogP contribution < -0.4 is 5.32 Å². The first kappa shape index (κ1) is 23.9. The third-order valence-electron chi connectivity index (χ3n) is 6.68.